The summed E-state index contributed by atoms with van der Waals surface area (Å²) in [6.07, 6.45) is 6.65. The quantitative estimate of drug-likeness (QED) is 0.332. The van der Waals surface area contributed by atoms with E-state index in [-0.39, 0.29) is 17.3 Å². The molecule has 4 N–H and O–H groups in total. The third-order valence-corrected chi connectivity index (χ3v) is 4.30. The number of nitrogens with zero attached hydrogens (tertiary/aromatic N) is 4. The van der Waals surface area contributed by atoms with E-state index in [1.807, 2.05) is 6.92 Å². The van der Waals surface area contributed by atoms with Crippen molar-refractivity contribution in [3.8, 4) is 0 Å². The molecule has 2 rings (SSSR count). The number of hydrogen-bond donors (Lipinski definition) is 2. The first-order valence-corrected chi connectivity index (χ1v) is 9.80. The van der Waals surface area contributed by atoms with Crippen molar-refractivity contribution >= 4 is 23.2 Å². The minimum Gasteiger partial charge on any atom is -0.397 e. The van der Waals surface area contributed by atoms with Crippen LogP contribution in [-0.2, 0) is 6.42 Å². The fourth-order valence-electron chi connectivity index (χ4n) is 2.55. The van der Waals surface area contributed by atoms with Crippen LogP contribution in [0, 0.1) is 20.2 Å². The van der Waals surface area contributed by atoms with Crippen molar-refractivity contribution in [1.82, 2.24) is 9.97 Å². The Morgan fingerprint density at radius 2 is 1.61 bits per heavy atom. The molecule has 0 radical (unpaired) electrons. The maximum Gasteiger partial charge on any atom is 0.253 e. The molecule has 12 heteroatoms. The number of nitrogens with two attached hydrogens (primary N) is 2. The zero-order chi connectivity index (χ0) is 23.4. The molecule has 166 valence electrons. The Morgan fingerprint density at radius 3 is 2.06 bits per heavy atom. The van der Waals surface area contributed by atoms with E-state index in [0.29, 0.717) is 16.7 Å². The summed E-state index contributed by atoms with van der Waals surface area (Å²) in [7, 11) is 0. The third kappa shape index (κ3) is 10.4. The zero-order valence-corrected chi connectivity index (χ0v) is 18.2. The van der Waals surface area contributed by atoms with Gasteiger partial charge in [0.25, 0.3) is 12.4 Å². The van der Waals surface area contributed by atoms with Crippen LogP contribution in [0.4, 0.5) is 0 Å². The second-order valence-corrected chi connectivity index (χ2v) is 7.10. The van der Waals surface area contributed by atoms with Gasteiger partial charge in [0.1, 0.15) is 10.3 Å². The van der Waals surface area contributed by atoms with Crippen molar-refractivity contribution in [1.29, 1.82) is 0 Å². The second-order valence-electron chi connectivity index (χ2n) is 6.33. The fourth-order valence-corrected chi connectivity index (χ4v) is 2.77. The summed E-state index contributed by atoms with van der Waals surface area (Å²) in [6, 6.07) is 6.77. The van der Waals surface area contributed by atoms with E-state index in [2.05, 4.69) is 9.97 Å². The summed E-state index contributed by atoms with van der Waals surface area (Å²) in [5, 5.41) is 21.3. The third-order valence-electron chi connectivity index (χ3n) is 3.85. The topological polar surface area (TPSA) is 164 Å². The summed E-state index contributed by atoms with van der Waals surface area (Å²) in [5.74, 6) is -0.185. The van der Waals surface area contributed by atoms with Crippen LogP contribution in [0.5, 0.6) is 0 Å². The van der Waals surface area contributed by atoms with E-state index in [9.17, 15) is 20.2 Å². The second kappa shape index (κ2) is 13.1. The molecular weight excluding hydrogens is 447 g/mol. The number of halogens is 2. The van der Waals surface area contributed by atoms with Crippen molar-refractivity contribution in [3.05, 3.63) is 102 Å². The van der Waals surface area contributed by atoms with Gasteiger partial charge in [-0.1, -0.05) is 48.7 Å². The molecule has 10 nitrogen and oxygen atoms in total. The van der Waals surface area contributed by atoms with Gasteiger partial charge in [-0.2, -0.15) is 0 Å². The highest BCUT2D eigenvalue weighted by Gasteiger charge is 2.16. The summed E-state index contributed by atoms with van der Waals surface area (Å²) in [5.41, 5.74) is 13.2. The van der Waals surface area contributed by atoms with Gasteiger partial charge >= 0.3 is 0 Å². The number of rotatable bonds is 8. The monoisotopic (exact) mass is 468 g/mol. The summed E-state index contributed by atoms with van der Waals surface area (Å²) in [6.45, 7) is 2.00. The summed E-state index contributed by atoms with van der Waals surface area (Å²) < 4.78 is 0. The van der Waals surface area contributed by atoms with Gasteiger partial charge in [-0.3, -0.25) is 20.2 Å². The van der Waals surface area contributed by atoms with Gasteiger partial charge in [0.15, 0.2) is 0 Å². The highest BCUT2D eigenvalue weighted by atomic mass is 35.5. The van der Waals surface area contributed by atoms with Gasteiger partial charge in [-0.25, -0.2) is 9.97 Å². The first-order valence-electron chi connectivity index (χ1n) is 9.04. The van der Waals surface area contributed by atoms with Gasteiger partial charge in [0, 0.05) is 24.7 Å². The average Bonchev–Trinajstić information content (AvgIpc) is 2.68. The van der Waals surface area contributed by atoms with Crippen LogP contribution in [0.2, 0.25) is 10.3 Å². The molecule has 2 aromatic heterocycles. The first kappa shape index (κ1) is 25.8. The minimum absolute atomic E-state index is 0.180. The molecule has 1 unspecified atom stereocenters. The highest BCUT2D eigenvalue weighted by molar-refractivity contribution is 6.29. The Morgan fingerprint density at radius 1 is 1.03 bits per heavy atom. The van der Waals surface area contributed by atoms with Crippen molar-refractivity contribution in [3.63, 3.8) is 0 Å². The molecule has 31 heavy (non-hydrogen) atoms. The van der Waals surface area contributed by atoms with Crippen LogP contribution >= 0.6 is 23.2 Å². The normalized spacial score (nSPS) is 12.5. The van der Waals surface area contributed by atoms with E-state index in [1.165, 1.54) is 6.20 Å². The molecule has 0 aliphatic carbocycles. The van der Waals surface area contributed by atoms with Crippen LogP contribution in [0.1, 0.15) is 36.8 Å². The first-order chi connectivity index (χ1) is 14.6. The van der Waals surface area contributed by atoms with Gasteiger partial charge in [-0.05, 0) is 29.7 Å². The number of aromatic nitrogens is 2. The fraction of sp³-hybridized carbons (Fsp3) is 0.263. The highest BCUT2D eigenvalue weighted by Crippen LogP contribution is 2.26. The van der Waals surface area contributed by atoms with Crippen molar-refractivity contribution in [2.45, 2.75) is 32.1 Å². The molecule has 0 aliphatic rings. The van der Waals surface area contributed by atoms with Crippen molar-refractivity contribution < 1.29 is 9.85 Å². The maximum absolute atomic E-state index is 10.4. The Kier molecular flexibility index (Phi) is 10.9. The predicted octanol–water partition coefficient (Wildman–Crippen LogP) is 4.05. The van der Waals surface area contributed by atoms with Crippen LogP contribution in [0.25, 0.3) is 0 Å². The molecule has 2 heterocycles. The summed E-state index contributed by atoms with van der Waals surface area (Å²) in [4.78, 5) is 27.1. The van der Waals surface area contributed by atoms with E-state index in [4.69, 9.17) is 34.7 Å². The molecule has 0 saturated heterocycles. The van der Waals surface area contributed by atoms with Gasteiger partial charge in [-0.15, -0.1) is 0 Å². The Hall–Kier alpha value is -3.24. The lowest BCUT2D eigenvalue weighted by molar-refractivity contribution is -0.403. The largest absolute Gasteiger partial charge is 0.397 e. The zero-order valence-electron chi connectivity index (χ0n) is 16.6. The van der Waals surface area contributed by atoms with E-state index in [1.54, 1.807) is 30.5 Å². The number of pyridine rings is 2. The van der Waals surface area contributed by atoms with Crippen molar-refractivity contribution in [2.75, 3.05) is 0 Å². The number of allylic oxidation sites excluding steroid dienone is 2. The Balaban J connectivity index is 0.000000316. The molecule has 0 bridgehead atoms. The Labute approximate surface area is 188 Å². The number of nitro groups is 2. The van der Waals surface area contributed by atoms with Crippen LogP contribution in [0.15, 0.2) is 60.5 Å². The van der Waals surface area contributed by atoms with Crippen LogP contribution in [0.3, 0.4) is 0 Å². The van der Waals surface area contributed by atoms with E-state index >= 15 is 0 Å². The van der Waals surface area contributed by atoms with E-state index in [0.717, 1.165) is 36.4 Å². The Bertz CT molecular complexity index is 933. The lowest BCUT2D eigenvalue weighted by Gasteiger charge is -2.14. The maximum atomic E-state index is 10.4. The van der Waals surface area contributed by atoms with Gasteiger partial charge in [0.05, 0.1) is 21.2 Å². The van der Waals surface area contributed by atoms with Crippen LogP contribution in [-0.4, -0.2) is 19.8 Å². The SMILES string of the molecule is CCCC(/C(N)=C/[N+](=O)[O-])c1ccc(Cl)nc1.N/C(=C\[N+](=O)[O-])Cc1ccc(Cl)nc1. The summed E-state index contributed by atoms with van der Waals surface area (Å²) >= 11 is 11.3. The lowest BCUT2D eigenvalue weighted by atomic mass is 9.93. The predicted molar refractivity (Wildman–Crippen MR) is 118 cm³/mol. The molecule has 0 fully saturated rings. The van der Waals surface area contributed by atoms with Crippen LogP contribution < -0.4 is 11.5 Å². The molecule has 0 saturated carbocycles. The van der Waals surface area contributed by atoms with Crippen molar-refractivity contribution in [2.24, 2.45) is 11.5 Å². The number of hydrogen-bond acceptors (Lipinski definition) is 8. The van der Waals surface area contributed by atoms with Gasteiger partial charge < -0.3 is 11.5 Å². The molecule has 0 aliphatic heterocycles. The standard InChI is InChI=1S/C11H14ClN3O2.C8H8ClN3O2/c1-2-3-9(10(13)7-15(16)17)8-4-5-11(12)14-6-8;9-8-2-1-6(4-11-8)3-7(10)5-12(13)14/h4-7,9H,2-3,13H2,1H3;1-2,4-5H,3,10H2/b10-7-;7-5-. The molecule has 1 atom stereocenters. The molecule has 2 aromatic rings. The molecular formula is C19H22Cl2N6O4. The molecule has 0 spiro atoms. The smallest absolute Gasteiger partial charge is 0.253 e. The lowest BCUT2D eigenvalue weighted by Crippen LogP contribution is -2.12. The minimum atomic E-state index is -0.585. The van der Waals surface area contributed by atoms with E-state index < -0.39 is 9.85 Å². The average molecular weight is 469 g/mol. The van der Waals surface area contributed by atoms with Gasteiger partial charge in [0.2, 0.25) is 0 Å². The molecule has 0 amide bonds. The molecule has 0 aromatic carbocycles.